The first kappa shape index (κ1) is 33.4. The van der Waals surface area contributed by atoms with Crippen molar-refractivity contribution in [3.05, 3.63) is 113 Å². The molecule has 0 aromatic heterocycles. The van der Waals surface area contributed by atoms with E-state index < -0.39 is 0 Å². The number of hydrogen-bond donors (Lipinski definition) is 1. The molecule has 1 saturated heterocycles. The van der Waals surface area contributed by atoms with Crippen LogP contribution in [0.2, 0.25) is 0 Å². The van der Waals surface area contributed by atoms with Crippen molar-refractivity contribution in [2.45, 2.75) is 53.4 Å². The number of allylic oxidation sites excluding steroid dienone is 8. The third-order valence-corrected chi connectivity index (χ3v) is 7.75. The average molecular weight is 573 g/mol. The topological polar surface area (TPSA) is 65.0 Å². The number of hydrogen-bond acceptors (Lipinski definition) is 5. The highest BCUT2D eigenvalue weighted by Crippen LogP contribution is 2.37. The van der Waals surface area contributed by atoms with E-state index in [4.69, 9.17) is 4.99 Å². The number of aliphatic imine (C=N–C) groups is 1. The highest BCUT2D eigenvalue weighted by molar-refractivity contribution is 8.03. The van der Waals surface area contributed by atoms with Crippen LogP contribution in [-0.4, -0.2) is 47.3 Å². The number of anilines is 1. The number of rotatable bonds is 14. The van der Waals surface area contributed by atoms with Gasteiger partial charge >= 0.3 is 0 Å². The van der Waals surface area contributed by atoms with Crippen molar-refractivity contribution >= 4 is 35.6 Å². The summed E-state index contributed by atoms with van der Waals surface area (Å²) in [6.45, 7) is 15.7. The SMILES string of the molecule is C=C/C=C(\C=C1/CS/C(=C(/C)N=C(Nc2cccc(C(C)=O)c2)N(C=O)C/C(C=C)=C/C=C\C)N1C)CCCCC. The molecular weight excluding hydrogens is 528 g/mol. The number of unbranched alkanes of at least 4 members (excludes halogenated alkanes) is 2. The highest BCUT2D eigenvalue weighted by atomic mass is 32.2. The average Bonchev–Trinajstić information content (AvgIpc) is 3.32. The second kappa shape index (κ2) is 17.8. The van der Waals surface area contributed by atoms with E-state index in [1.165, 1.54) is 35.9 Å². The summed E-state index contributed by atoms with van der Waals surface area (Å²) in [7, 11) is 2.05. The van der Waals surface area contributed by atoms with Gasteiger partial charge in [0.15, 0.2) is 5.78 Å². The molecule has 41 heavy (non-hydrogen) atoms. The maximum absolute atomic E-state index is 12.4. The van der Waals surface area contributed by atoms with Crippen LogP contribution < -0.4 is 5.32 Å². The summed E-state index contributed by atoms with van der Waals surface area (Å²) in [6, 6.07) is 7.18. The fourth-order valence-corrected chi connectivity index (χ4v) is 5.31. The predicted molar refractivity (Wildman–Crippen MR) is 177 cm³/mol. The standard InChI is InChI=1S/C34H44N4O2S/c1-8-12-14-18-29(16-10-3)21-32-24-41-33(37(32)7)26(5)35-34(36-31-20-15-19-30(22-31)27(6)40)38(25-39)23-28(11-4)17-13-9-2/h9-11,13,15-17,19-22,25H,3-4,8,12,14,18,23-24H2,1-2,5-7H3,(H,35,36)/b13-9-,28-17+,29-16-,32-21+,33-26-. The molecule has 7 heteroatoms. The van der Waals surface area contributed by atoms with E-state index in [1.54, 1.807) is 36.0 Å². The number of nitrogens with one attached hydrogen (secondary N) is 1. The number of carbonyl (C=O) groups excluding carboxylic acids is 2. The molecule has 2 rings (SSSR count). The summed E-state index contributed by atoms with van der Waals surface area (Å²) < 4.78 is 0. The van der Waals surface area contributed by atoms with E-state index in [2.05, 4.69) is 42.5 Å². The predicted octanol–water partition coefficient (Wildman–Crippen LogP) is 8.25. The van der Waals surface area contributed by atoms with Gasteiger partial charge in [0.05, 0.1) is 17.3 Å². The minimum Gasteiger partial charge on any atom is -0.341 e. The van der Waals surface area contributed by atoms with Crippen molar-refractivity contribution in [3.63, 3.8) is 0 Å². The Bertz CT molecular complexity index is 1280. The van der Waals surface area contributed by atoms with Crippen molar-refractivity contribution < 1.29 is 9.59 Å². The molecule has 0 aliphatic carbocycles. The summed E-state index contributed by atoms with van der Waals surface area (Å²) in [4.78, 5) is 33.0. The maximum Gasteiger partial charge on any atom is 0.216 e. The molecule has 6 nitrogen and oxygen atoms in total. The molecule has 1 N–H and O–H groups in total. The Kier molecular flexibility index (Phi) is 14.5. The lowest BCUT2D eigenvalue weighted by atomic mass is 10.1. The summed E-state index contributed by atoms with van der Waals surface area (Å²) >= 11 is 1.72. The Morgan fingerprint density at radius 2 is 1.98 bits per heavy atom. The minimum atomic E-state index is -0.0382. The molecule has 1 amide bonds. The lowest BCUT2D eigenvalue weighted by molar-refractivity contribution is -0.114. The van der Waals surface area contributed by atoms with E-state index in [1.807, 2.05) is 51.3 Å². The first-order valence-corrected chi connectivity index (χ1v) is 15.0. The fraction of sp³-hybridized carbons (Fsp3) is 0.324. The molecule has 1 heterocycles. The maximum atomic E-state index is 12.4. The molecule has 0 atom stereocenters. The Hall–Kier alpha value is -3.84. The van der Waals surface area contributed by atoms with Crippen LogP contribution >= 0.6 is 11.8 Å². The van der Waals surface area contributed by atoms with Gasteiger partial charge in [-0.3, -0.25) is 14.5 Å². The first-order chi connectivity index (χ1) is 19.8. The van der Waals surface area contributed by atoms with E-state index >= 15 is 0 Å². The van der Waals surface area contributed by atoms with E-state index in [9.17, 15) is 9.59 Å². The number of nitrogens with zero attached hydrogens (tertiary/aromatic N) is 3. The number of guanidine groups is 1. The van der Waals surface area contributed by atoms with Gasteiger partial charge in [0, 0.05) is 29.7 Å². The first-order valence-electron chi connectivity index (χ1n) is 14.0. The van der Waals surface area contributed by atoms with Crippen LogP contribution in [0.5, 0.6) is 0 Å². The van der Waals surface area contributed by atoms with E-state index in [0.29, 0.717) is 17.2 Å². The van der Waals surface area contributed by atoms with Crippen LogP contribution in [0.25, 0.3) is 0 Å². The second-order valence-corrected chi connectivity index (χ2v) is 10.7. The van der Waals surface area contributed by atoms with Crippen molar-refractivity contribution in [1.29, 1.82) is 0 Å². The zero-order valence-electron chi connectivity index (χ0n) is 25.2. The van der Waals surface area contributed by atoms with Crippen molar-refractivity contribution in [2.75, 3.05) is 24.7 Å². The largest absolute Gasteiger partial charge is 0.341 e. The smallest absolute Gasteiger partial charge is 0.216 e. The van der Waals surface area contributed by atoms with E-state index in [-0.39, 0.29) is 12.3 Å². The zero-order chi connectivity index (χ0) is 30.2. The van der Waals surface area contributed by atoms with Crippen molar-refractivity contribution in [1.82, 2.24) is 9.80 Å². The summed E-state index contributed by atoms with van der Waals surface area (Å²) in [5.74, 6) is 1.15. The molecule has 1 aromatic rings. The third-order valence-electron chi connectivity index (χ3n) is 6.47. The third kappa shape index (κ3) is 10.6. The van der Waals surface area contributed by atoms with Crippen LogP contribution in [0, 0.1) is 0 Å². The van der Waals surface area contributed by atoms with Gasteiger partial charge in [-0.2, -0.15) is 0 Å². The molecule has 1 aromatic carbocycles. The van der Waals surface area contributed by atoms with Crippen molar-refractivity contribution in [2.24, 2.45) is 4.99 Å². The summed E-state index contributed by atoms with van der Waals surface area (Å²) in [6.07, 6.45) is 19.0. The zero-order valence-corrected chi connectivity index (χ0v) is 26.0. The number of benzene rings is 1. The lowest BCUT2D eigenvalue weighted by Crippen LogP contribution is -2.37. The summed E-state index contributed by atoms with van der Waals surface area (Å²) in [5.41, 5.74) is 5.33. The molecule has 0 unspecified atom stereocenters. The molecule has 1 aliphatic heterocycles. The van der Waals surface area contributed by atoms with Gasteiger partial charge in [-0.05, 0) is 63.0 Å². The summed E-state index contributed by atoms with van der Waals surface area (Å²) in [5, 5.41) is 4.30. The van der Waals surface area contributed by atoms with E-state index in [0.717, 1.165) is 41.3 Å². The Morgan fingerprint density at radius 1 is 1.20 bits per heavy atom. The molecule has 0 radical (unpaired) electrons. The molecule has 218 valence electrons. The number of ketones is 1. The molecule has 0 spiro atoms. The van der Waals surface area contributed by atoms with Crippen LogP contribution in [-0.2, 0) is 4.79 Å². The Labute approximate surface area is 250 Å². The van der Waals surface area contributed by atoms with Gasteiger partial charge in [0.25, 0.3) is 0 Å². The Morgan fingerprint density at radius 3 is 2.61 bits per heavy atom. The normalized spacial score (nSPS) is 16.8. The molecule has 0 bridgehead atoms. The monoisotopic (exact) mass is 572 g/mol. The van der Waals surface area contributed by atoms with Gasteiger partial charge in [0.1, 0.15) is 0 Å². The quantitative estimate of drug-likeness (QED) is 0.0607. The van der Waals surface area contributed by atoms with Crippen LogP contribution in [0.3, 0.4) is 0 Å². The molecule has 1 aliphatic rings. The van der Waals surface area contributed by atoms with Crippen LogP contribution in [0.4, 0.5) is 5.69 Å². The second-order valence-electron chi connectivity index (χ2n) is 9.71. The van der Waals surface area contributed by atoms with Gasteiger partial charge in [0.2, 0.25) is 12.4 Å². The van der Waals surface area contributed by atoms with Crippen LogP contribution in [0.1, 0.15) is 63.7 Å². The lowest BCUT2D eigenvalue weighted by Gasteiger charge is -2.23. The number of Topliss-reactive ketones (excluding diaryl/α,β-unsaturated/α-hetero) is 1. The van der Waals surface area contributed by atoms with Gasteiger partial charge in [-0.25, -0.2) is 4.99 Å². The molecule has 0 saturated carbocycles. The molecular formula is C34H44N4O2S. The minimum absolute atomic E-state index is 0.0382. The van der Waals surface area contributed by atoms with Gasteiger partial charge in [-0.15, -0.1) is 11.8 Å². The molecule has 1 fully saturated rings. The number of amides is 1. The fourth-order valence-electron chi connectivity index (χ4n) is 4.18. The van der Waals surface area contributed by atoms with Gasteiger partial charge in [-0.1, -0.05) is 81.5 Å². The Balaban J connectivity index is 2.50. The van der Waals surface area contributed by atoms with Crippen LogP contribution in [0.15, 0.2) is 113 Å². The number of thioether (sulfide) groups is 1. The highest BCUT2D eigenvalue weighted by Gasteiger charge is 2.23. The number of carbonyl (C=O) groups is 2. The van der Waals surface area contributed by atoms with Crippen molar-refractivity contribution in [3.8, 4) is 0 Å². The van der Waals surface area contributed by atoms with Gasteiger partial charge < -0.3 is 10.2 Å².